The Labute approximate surface area is 179 Å². The second-order valence-corrected chi connectivity index (χ2v) is 7.41. The van der Waals surface area contributed by atoms with Gasteiger partial charge >= 0.3 is 0 Å². The van der Waals surface area contributed by atoms with Crippen molar-refractivity contribution in [1.29, 1.82) is 0 Å². The molecule has 0 radical (unpaired) electrons. The number of pyridine rings is 1. The van der Waals surface area contributed by atoms with Gasteiger partial charge in [0, 0.05) is 29.1 Å². The second-order valence-electron chi connectivity index (χ2n) is 7.41. The number of aromatic nitrogens is 4. The number of ether oxygens (including phenoxy) is 2. The van der Waals surface area contributed by atoms with Crippen molar-refractivity contribution in [3.05, 3.63) is 102 Å². The van der Waals surface area contributed by atoms with Crippen molar-refractivity contribution >= 4 is 11.6 Å². The summed E-state index contributed by atoms with van der Waals surface area (Å²) in [6.07, 6.45) is 4.82. The van der Waals surface area contributed by atoms with Gasteiger partial charge in [0.25, 0.3) is 0 Å². The molecule has 7 nitrogen and oxygen atoms in total. The van der Waals surface area contributed by atoms with Gasteiger partial charge in [-0.05, 0) is 29.8 Å². The van der Waals surface area contributed by atoms with Crippen molar-refractivity contribution in [2.75, 3.05) is 12.4 Å². The first-order valence-corrected chi connectivity index (χ1v) is 10.0. The SMILES string of the molecule is COc1ccccc1[C@H]1Oc2ccccc2C2=C1[C@H](c1cccnc1)n1ncnc1N2. The Morgan fingerprint density at radius 1 is 1.03 bits per heavy atom. The number of methoxy groups -OCH3 is 1. The molecule has 2 aromatic carbocycles. The lowest BCUT2D eigenvalue weighted by molar-refractivity contribution is 0.217. The molecule has 1 N–H and O–H groups in total. The zero-order chi connectivity index (χ0) is 20.8. The summed E-state index contributed by atoms with van der Waals surface area (Å²) in [7, 11) is 1.68. The highest BCUT2D eigenvalue weighted by Gasteiger charge is 2.41. The molecule has 0 saturated carbocycles. The summed E-state index contributed by atoms with van der Waals surface area (Å²) in [6.45, 7) is 0. The van der Waals surface area contributed by atoms with Gasteiger partial charge in [0.05, 0.1) is 12.8 Å². The van der Waals surface area contributed by atoms with Gasteiger partial charge in [-0.3, -0.25) is 4.98 Å². The van der Waals surface area contributed by atoms with Crippen LogP contribution in [0.2, 0.25) is 0 Å². The van der Waals surface area contributed by atoms with Crippen molar-refractivity contribution in [3.8, 4) is 11.5 Å². The highest BCUT2D eigenvalue weighted by Crippen LogP contribution is 2.51. The van der Waals surface area contributed by atoms with Gasteiger partial charge < -0.3 is 14.8 Å². The Kier molecular flexibility index (Phi) is 3.99. The smallest absolute Gasteiger partial charge is 0.226 e. The van der Waals surface area contributed by atoms with Gasteiger partial charge in [0.15, 0.2) is 6.10 Å². The van der Waals surface area contributed by atoms with Gasteiger partial charge in [0.2, 0.25) is 5.95 Å². The Morgan fingerprint density at radius 2 is 1.90 bits per heavy atom. The van der Waals surface area contributed by atoms with Crippen molar-refractivity contribution < 1.29 is 9.47 Å². The minimum Gasteiger partial charge on any atom is -0.496 e. The van der Waals surface area contributed by atoms with Gasteiger partial charge in [0.1, 0.15) is 23.9 Å². The molecule has 0 spiro atoms. The lowest BCUT2D eigenvalue weighted by Crippen LogP contribution is -2.32. The number of para-hydroxylation sites is 2. The van der Waals surface area contributed by atoms with E-state index in [1.54, 1.807) is 19.6 Å². The molecule has 4 aromatic rings. The number of rotatable bonds is 3. The predicted molar refractivity (Wildman–Crippen MR) is 116 cm³/mol. The third-order valence-corrected chi connectivity index (χ3v) is 5.74. The van der Waals surface area contributed by atoms with Crippen LogP contribution in [-0.2, 0) is 0 Å². The van der Waals surface area contributed by atoms with E-state index in [4.69, 9.17) is 9.47 Å². The number of fused-ring (bicyclic) bond motifs is 3. The summed E-state index contributed by atoms with van der Waals surface area (Å²) in [5.74, 6) is 2.26. The maximum absolute atomic E-state index is 6.61. The molecule has 6 rings (SSSR count). The number of hydrogen-bond donors (Lipinski definition) is 1. The van der Waals surface area contributed by atoms with Crippen LogP contribution in [0.4, 0.5) is 5.95 Å². The van der Waals surface area contributed by atoms with Crippen LogP contribution in [0.15, 0.2) is 85.0 Å². The van der Waals surface area contributed by atoms with Gasteiger partial charge in [-0.15, -0.1) is 0 Å². The molecule has 0 amide bonds. The molecule has 2 aliphatic rings. The van der Waals surface area contributed by atoms with Crippen LogP contribution < -0.4 is 14.8 Å². The zero-order valence-corrected chi connectivity index (χ0v) is 16.8. The summed E-state index contributed by atoms with van der Waals surface area (Å²) < 4.78 is 14.2. The summed E-state index contributed by atoms with van der Waals surface area (Å²) >= 11 is 0. The Morgan fingerprint density at radius 3 is 2.77 bits per heavy atom. The molecular formula is C24H19N5O2. The molecule has 4 heterocycles. The maximum Gasteiger partial charge on any atom is 0.226 e. The molecule has 0 unspecified atom stereocenters. The summed E-state index contributed by atoms with van der Waals surface area (Å²) in [5, 5.41) is 8.03. The highest BCUT2D eigenvalue weighted by molar-refractivity contribution is 5.85. The van der Waals surface area contributed by atoms with Gasteiger partial charge in [-0.25, -0.2) is 4.68 Å². The fourth-order valence-electron chi connectivity index (χ4n) is 4.42. The van der Waals surface area contributed by atoms with E-state index < -0.39 is 0 Å². The van der Waals surface area contributed by atoms with E-state index in [0.29, 0.717) is 5.95 Å². The first kappa shape index (κ1) is 17.7. The fraction of sp³-hybridized carbons (Fsp3) is 0.125. The van der Waals surface area contributed by atoms with Crippen LogP contribution in [0.25, 0.3) is 5.70 Å². The van der Waals surface area contributed by atoms with Crippen LogP contribution >= 0.6 is 0 Å². The summed E-state index contributed by atoms with van der Waals surface area (Å²) in [5.41, 5.74) is 4.96. The lowest BCUT2D eigenvalue weighted by atomic mass is 9.85. The fourth-order valence-corrected chi connectivity index (χ4v) is 4.42. The van der Waals surface area contributed by atoms with E-state index in [1.807, 2.05) is 59.4 Å². The number of nitrogens with one attached hydrogen (secondary N) is 1. The quantitative estimate of drug-likeness (QED) is 0.546. The van der Waals surface area contributed by atoms with E-state index in [2.05, 4.69) is 32.5 Å². The van der Waals surface area contributed by atoms with Crippen LogP contribution in [0.3, 0.4) is 0 Å². The number of anilines is 1. The lowest BCUT2D eigenvalue weighted by Gasteiger charge is -2.39. The largest absolute Gasteiger partial charge is 0.496 e. The topological polar surface area (TPSA) is 74.1 Å². The first-order chi connectivity index (χ1) is 15.3. The maximum atomic E-state index is 6.61. The van der Waals surface area contributed by atoms with Crippen LogP contribution in [0.5, 0.6) is 11.5 Å². The standard InChI is InChI=1S/C24H19N5O2/c1-30-18-10-4-3-9-17(18)23-20-21(16-8-2-5-11-19(16)31-23)28-24-26-14-27-29(24)22(20)15-7-6-12-25-13-15/h2-14,22-23H,1H3,(H,26,27,28)/t22-,23+/m0/s1. The van der Waals surface area contributed by atoms with Gasteiger partial charge in [-0.2, -0.15) is 10.1 Å². The molecule has 2 atom stereocenters. The number of nitrogens with zero attached hydrogens (tertiary/aromatic N) is 4. The van der Waals surface area contributed by atoms with Crippen molar-refractivity contribution in [2.45, 2.75) is 12.1 Å². The predicted octanol–water partition coefficient (Wildman–Crippen LogP) is 4.24. The molecular weight excluding hydrogens is 390 g/mol. The van der Waals surface area contributed by atoms with Gasteiger partial charge in [-0.1, -0.05) is 36.4 Å². The molecule has 2 aromatic heterocycles. The Hall–Kier alpha value is -4.13. The Bertz CT molecular complexity index is 1300. The molecule has 0 saturated heterocycles. The van der Waals surface area contributed by atoms with E-state index in [0.717, 1.165) is 39.5 Å². The van der Waals surface area contributed by atoms with E-state index in [9.17, 15) is 0 Å². The molecule has 31 heavy (non-hydrogen) atoms. The molecule has 0 fully saturated rings. The van der Waals surface area contributed by atoms with Crippen LogP contribution in [-0.4, -0.2) is 26.9 Å². The summed E-state index contributed by atoms with van der Waals surface area (Å²) in [4.78, 5) is 8.81. The van der Waals surface area contributed by atoms with Crippen molar-refractivity contribution in [3.63, 3.8) is 0 Å². The van der Waals surface area contributed by atoms with E-state index >= 15 is 0 Å². The van der Waals surface area contributed by atoms with Crippen molar-refractivity contribution in [2.24, 2.45) is 0 Å². The molecule has 0 aliphatic carbocycles. The summed E-state index contributed by atoms with van der Waals surface area (Å²) in [6, 6.07) is 19.7. The molecule has 7 heteroatoms. The third-order valence-electron chi connectivity index (χ3n) is 5.74. The molecule has 152 valence electrons. The third kappa shape index (κ3) is 2.70. The minimum absolute atomic E-state index is 0.231. The minimum atomic E-state index is -0.379. The number of benzene rings is 2. The molecule has 2 aliphatic heterocycles. The van der Waals surface area contributed by atoms with Crippen LogP contribution in [0, 0.1) is 0 Å². The second kappa shape index (κ2) is 6.98. The normalized spacial score (nSPS) is 18.9. The average Bonchev–Trinajstić information content (AvgIpc) is 3.31. The van der Waals surface area contributed by atoms with E-state index in [1.165, 1.54) is 0 Å². The zero-order valence-electron chi connectivity index (χ0n) is 16.8. The Balaban J connectivity index is 1.65. The van der Waals surface area contributed by atoms with Crippen molar-refractivity contribution in [1.82, 2.24) is 19.7 Å². The van der Waals surface area contributed by atoms with Crippen LogP contribution in [0.1, 0.15) is 28.8 Å². The number of hydrogen-bond acceptors (Lipinski definition) is 6. The molecule has 0 bridgehead atoms. The van der Waals surface area contributed by atoms with E-state index in [-0.39, 0.29) is 12.1 Å². The average molecular weight is 409 g/mol. The first-order valence-electron chi connectivity index (χ1n) is 10.0. The monoisotopic (exact) mass is 409 g/mol. The highest BCUT2D eigenvalue weighted by atomic mass is 16.5.